The summed E-state index contributed by atoms with van der Waals surface area (Å²) >= 11 is 3.63. The Kier molecular flexibility index (Phi) is 6.53. The van der Waals surface area contributed by atoms with Crippen molar-refractivity contribution in [3.05, 3.63) is 46.5 Å². The summed E-state index contributed by atoms with van der Waals surface area (Å²) in [5.41, 5.74) is 2.63. The molecule has 0 saturated carbocycles. The van der Waals surface area contributed by atoms with E-state index in [2.05, 4.69) is 65.9 Å². The number of hydrogen-bond donors (Lipinski definition) is 1. The molecule has 94 valence electrons. The number of hydrogen-bond acceptors (Lipinski definition) is 1. The van der Waals surface area contributed by atoms with Gasteiger partial charge in [-0.2, -0.15) is 0 Å². The Balaban J connectivity index is 2.81. The lowest BCUT2D eigenvalue weighted by Crippen LogP contribution is -2.22. The van der Waals surface area contributed by atoms with Crippen LogP contribution in [0.5, 0.6) is 0 Å². The van der Waals surface area contributed by atoms with Crippen LogP contribution in [0.3, 0.4) is 0 Å². The minimum Gasteiger partial charge on any atom is -0.310 e. The van der Waals surface area contributed by atoms with Gasteiger partial charge in [-0.1, -0.05) is 60.1 Å². The lowest BCUT2D eigenvalue weighted by Gasteiger charge is -2.21. The number of rotatable bonds is 7. The van der Waals surface area contributed by atoms with Gasteiger partial charge in [-0.25, -0.2) is 0 Å². The summed E-state index contributed by atoms with van der Waals surface area (Å²) in [6.07, 6.45) is 3.22. The van der Waals surface area contributed by atoms with Gasteiger partial charge < -0.3 is 5.32 Å². The molecule has 0 amide bonds. The van der Waals surface area contributed by atoms with Crippen molar-refractivity contribution in [3.63, 3.8) is 0 Å². The van der Waals surface area contributed by atoms with Crippen LogP contribution in [-0.4, -0.2) is 6.54 Å². The predicted octanol–water partition coefficient (Wildman–Crippen LogP) is 4.85. The Morgan fingerprint density at radius 1 is 1.35 bits per heavy atom. The molecule has 0 aromatic heterocycles. The maximum atomic E-state index is 4.12. The molecule has 0 bridgehead atoms. The highest BCUT2D eigenvalue weighted by atomic mass is 79.9. The second-order valence-electron chi connectivity index (χ2n) is 4.34. The first kappa shape index (κ1) is 14.5. The summed E-state index contributed by atoms with van der Waals surface area (Å²) in [4.78, 5) is 0. The molecular formula is C15H22BrN. The van der Waals surface area contributed by atoms with Gasteiger partial charge in [0, 0.05) is 10.5 Å². The molecule has 1 N–H and O–H groups in total. The fourth-order valence-electron chi connectivity index (χ4n) is 1.80. The number of halogens is 1. The van der Waals surface area contributed by atoms with Gasteiger partial charge in [-0.15, -0.1) is 0 Å². The fraction of sp³-hybridized carbons (Fsp3) is 0.467. The second kappa shape index (κ2) is 7.67. The average molecular weight is 296 g/mol. The topological polar surface area (TPSA) is 12.0 Å². The van der Waals surface area contributed by atoms with Gasteiger partial charge >= 0.3 is 0 Å². The first-order valence-electron chi connectivity index (χ1n) is 6.33. The van der Waals surface area contributed by atoms with Crippen LogP contribution in [0.15, 0.2) is 40.9 Å². The van der Waals surface area contributed by atoms with Crippen LogP contribution in [0, 0.1) is 0 Å². The monoisotopic (exact) mass is 295 g/mol. The van der Waals surface area contributed by atoms with E-state index in [-0.39, 0.29) is 0 Å². The first-order valence-corrected chi connectivity index (χ1v) is 7.12. The van der Waals surface area contributed by atoms with Gasteiger partial charge in [-0.05, 0) is 37.4 Å². The molecule has 1 aromatic rings. The van der Waals surface area contributed by atoms with E-state index in [1.54, 1.807) is 0 Å². The summed E-state index contributed by atoms with van der Waals surface area (Å²) in [6.45, 7) is 9.52. The van der Waals surface area contributed by atoms with E-state index in [0.29, 0.717) is 6.04 Å². The standard InChI is InChI=1S/C15H22BrN/c1-4-10-17-15(11-12(3)5-2)13-8-6-7-9-14(13)16/h6-9,15,17H,3-5,10-11H2,1-2H3. The molecule has 0 radical (unpaired) electrons. The SMILES string of the molecule is C=C(CC)CC(NCCC)c1ccccc1Br. The van der Waals surface area contributed by atoms with E-state index >= 15 is 0 Å². The van der Waals surface area contributed by atoms with E-state index in [9.17, 15) is 0 Å². The van der Waals surface area contributed by atoms with Gasteiger partial charge in [0.05, 0.1) is 0 Å². The maximum Gasteiger partial charge on any atom is 0.0368 e. The molecule has 0 aliphatic carbocycles. The first-order chi connectivity index (χ1) is 8.19. The van der Waals surface area contributed by atoms with Crippen LogP contribution >= 0.6 is 15.9 Å². The number of nitrogens with one attached hydrogen (secondary N) is 1. The van der Waals surface area contributed by atoms with Crippen LogP contribution in [-0.2, 0) is 0 Å². The Bertz CT molecular complexity index is 360. The molecule has 0 aliphatic rings. The Morgan fingerprint density at radius 2 is 2.06 bits per heavy atom. The lowest BCUT2D eigenvalue weighted by molar-refractivity contribution is 0.522. The van der Waals surface area contributed by atoms with Crippen molar-refractivity contribution in [1.82, 2.24) is 5.32 Å². The molecule has 2 heteroatoms. The van der Waals surface area contributed by atoms with E-state index in [4.69, 9.17) is 0 Å². The van der Waals surface area contributed by atoms with Crippen molar-refractivity contribution < 1.29 is 0 Å². The van der Waals surface area contributed by atoms with Crippen molar-refractivity contribution in [3.8, 4) is 0 Å². The molecule has 0 spiro atoms. The summed E-state index contributed by atoms with van der Waals surface area (Å²) in [5, 5.41) is 3.60. The highest BCUT2D eigenvalue weighted by molar-refractivity contribution is 9.10. The molecule has 1 unspecified atom stereocenters. The third-order valence-electron chi connectivity index (χ3n) is 2.91. The molecule has 1 nitrogen and oxygen atoms in total. The maximum absolute atomic E-state index is 4.12. The quantitative estimate of drug-likeness (QED) is 0.709. The molecule has 1 rings (SSSR count). The van der Waals surface area contributed by atoms with Crippen LogP contribution in [0.2, 0.25) is 0 Å². The Labute approximate surface area is 113 Å². The minimum absolute atomic E-state index is 0.373. The van der Waals surface area contributed by atoms with Crippen LogP contribution < -0.4 is 5.32 Å². The molecule has 1 atom stereocenters. The van der Waals surface area contributed by atoms with Crippen LogP contribution in [0.25, 0.3) is 0 Å². The lowest BCUT2D eigenvalue weighted by atomic mass is 9.98. The Morgan fingerprint density at radius 3 is 2.65 bits per heavy atom. The van der Waals surface area contributed by atoms with Crippen molar-refractivity contribution in [2.75, 3.05) is 6.54 Å². The van der Waals surface area contributed by atoms with E-state index in [1.807, 2.05) is 0 Å². The fourth-order valence-corrected chi connectivity index (χ4v) is 2.36. The zero-order chi connectivity index (χ0) is 12.7. The summed E-state index contributed by atoms with van der Waals surface area (Å²) < 4.78 is 1.18. The smallest absolute Gasteiger partial charge is 0.0368 e. The molecule has 0 fully saturated rings. The molecule has 1 aromatic carbocycles. The zero-order valence-corrected chi connectivity index (χ0v) is 12.4. The van der Waals surface area contributed by atoms with Gasteiger partial charge in [0.1, 0.15) is 0 Å². The molecule has 0 heterocycles. The van der Waals surface area contributed by atoms with Crippen molar-refractivity contribution in [1.29, 1.82) is 0 Å². The van der Waals surface area contributed by atoms with E-state index in [1.165, 1.54) is 15.6 Å². The molecular weight excluding hydrogens is 274 g/mol. The minimum atomic E-state index is 0.373. The summed E-state index contributed by atoms with van der Waals surface area (Å²) in [7, 11) is 0. The molecule has 17 heavy (non-hydrogen) atoms. The zero-order valence-electron chi connectivity index (χ0n) is 10.8. The van der Waals surface area contributed by atoms with Crippen molar-refractivity contribution in [2.45, 2.75) is 39.2 Å². The van der Waals surface area contributed by atoms with Gasteiger partial charge in [0.2, 0.25) is 0 Å². The average Bonchev–Trinajstić information content (AvgIpc) is 2.35. The molecule has 0 aliphatic heterocycles. The summed E-state index contributed by atoms with van der Waals surface area (Å²) in [6, 6.07) is 8.80. The molecule has 0 saturated heterocycles. The normalized spacial score (nSPS) is 12.4. The highest BCUT2D eigenvalue weighted by Gasteiger charge is 2.13. The largest absolute Gasteiger partial charge is 0.310 e. The van der Waals surface area contributed by atoms with Gasteiger partial charge in [0.25, 0.3) is 0 Å². The van der Waals surface area contributed by atoms with E-state index in [0.717, 1.165) is 25.8 Å². The van der Waals surface area contributed by atoms with E-state index < -0.39 is 0 Å². The second-order valence-corrected chi connectivity index (χ2v) is 5.19. The van der Waals surface area contributed by atoms with Gasteiger partial charge in [0.15, 0.2) is 0 Å². The van der Waals surface area contributed by atoms with Crippen LogP contribution in [0.1, 0.15) is 44.7 Å². The number of benzene rings is 1. The highest BCUT2D eigenvalue weighted by Crippen LogP contribution is 2.28. The van der Waals surface area contributed by atoms with Gasteiger partial charge in [-0.3, -0.25) is 0 Å². The third kappa shape index (κ3) is 4.64. The Hall–Kier alpha value is -0.600. The predicted molar refractivity (Wildman–Crippen MR) is 79.2 cm³/mol. The summed E-state index contributed by atoms with van der Waals surface area (Å²) in [5.74, 6) is 0. The van der Waals surface area contributed by atoms with Crippen molar-refractivity contribution in [2.24, 2.45) is 0 Å². The third-order valence-corrected chi connectivity index (χ3v) is 3.64. The van der Waals surface area contributed by atoms with Crippen molar-refractivity contribution >= 4 is 15.9 Å². The van der Waals surface area contributed by atoms with Crippen LogP contribution in [0.4, 0.5) is 0 Å².